The Balaban J connectivity index is 2.87. The van der Waals surface area contributed by atoms with Gasteiger partial charge in [-0.1, -0.05) is 26.0 Å². The third kappa shape index (κ3) is 4.13. The van der Waals surface area contributed by atoms with Gasteiger partial charge in [-0.25, -0.2) is 8.42 Å². The molecule has 4 heteroatoms. The molecule has 1 aromatic rings. The van der Waals surface area contributed by atoms with E-state index in [1.165, 1.54) is 0 Å². The average Bonchev–Trinajstić information content (AvgIpc) is 2.29. The number of rotatable bonds is 6. The molecule has 1 aromatic carbocycles. The van der Waals surface area contributed by atoms with Crippen LogP contribution >= 0.6 is 0 Å². The summed E-state index contributed by atoms with van der Waals surface area (Å²) < 4.78 is 23.5. The summed E-state index contributed by atoms with van der Waals surface area (Å²) in [6, 6.07) is 7.23. The maximum Gasteiger partial charge on any atom is 0.178 e. The van der Waals surface area contributed by atoms with Gasteiger partial charge in [0.1, 0.15) is 0 Å². The Morgan fingerprint density at radius 1 is 1.35 bits per heavy atom. The van der Waals surface area contributed by atoms with Crippen LogP contribution in [-0.4, -0.2) is 20.7 Å². The van der Waals surface area contributed by atoms with Crippen LogP contribution in [0.1, 0.15) is 25.8 Å². The van der Waals surface area contributed by atoms with Gasteiger partial charge in [0, 0.05) is 0 Å². The van der Waals surface area contributed by atoms with Crippen molar-refractivity contribution in [2.75, 3.05) is 12.3 Å². The van der Waals surface area contributed by atoms with E-state index in [-0.39, 0.29) is 5.75 Å². The normalized spacial score (nSPS) is 13.6. The van der Waals surface area contributed by atoms with E-state index in [2.05, 4.69) is 6.92 Å². The summed E-state index contributed by atoms with van der Waals surface area (Å²) in [6.07, 6.45) is 1.84. The molecule has 0 aliphatic heterocycles. The monoisotopic (exact) mass is 255 g/mol. The summed E-state index contributed by atoms with van der Waals surface area (Å²) in [5.74, 6) is 0.633. The molecule has 1 rings (SSSR count). The smallest absolute Gasteiger partial charge is 0.178 e. The molecule has 3 nitrogen and oxygen atoms in total. The first kappa shape index (κ1) is 14.2. The quantitative estimate of drug-likeness (QED) is 0.846. The van der Waals surface area contributed by atoms with Crippen molar-refractivity contribution in [1.29, 1.82) is 0 Å². The van der Waals surface area contributed by atoms with E-state index in [1.807, 2.05) is 12.1 Å². The lowest BCUT2D eigenvalue weighted by molar-refractivity contribution is 0.538. The SMILES string of the molecule is CCS(=O)(=O)c1cccc(CC(C)CCN)c1. The van der Waals surface area contributed by atoms with E-state index in [0.717, 1.165) is 18.4 Å². The fraction of sp³-hybridized carbons (Fsp3) is 0.538. The Morgan fingerprint density at radius 2 is 2.06 bits per heavy atom. The minimum absolute atomic E-state index is 0.148. The molecule has 0 bridgehead atoms. The fourth-order valence-electron chi connectivity index (χ4n) is 1.82. The van der Waals surface area contributed by atoms with Crippen LogP contribution in [0.5, 0.6) is 0 Å². The van der Waals surface area contributed by atoms with E-state index >= 15 is 0 Å². The zero-order valence-electron chi connectivity index (χ0n) is 10.5. The van der Waals surface area contributed by atoms with Crippen molar-refractivity contribution in [3.05, 3.63) is 29.8 Å². The first-order valence-corrected chi connectivity index (χ1v) is 7.66. The second kappa shape index (κ2) is 6.17. The maximum absolute atomic E-state index is 11.7. The Kier molecular flexibility index (Phi) is 5.15. The topological polar surface area (TPSA) is 60.2 Å². The van der Waals surface area contributed by atoms with E-state index in [1.54, 1.807) is 19.1 Å². The molecule has 0 saturated heterocycles. The summed E-state index contributed by atoms with van der Waals surface area (Å²) in [5, 5.41) is 0. The van der Waals surface area contributed by atoms with Gasteiger partial charge < -0.3 is 5.73 Å². The Bertz CT molecular complexity index is 454. The first-order chi connectivity index (χ1) is 7.99. The van der Waals surface area contributed by atoms with Crippen molar-refractivity contribution in [2.45, 2.75) is 31.6 Å². The van der Waals surface area contributed by atoms with Crippen molar-refractivity contribution >= 4 is 9.84 Å². The third-order valence-electron chi connectivity index (χ3n) is 2.88. The molecule has 0 aromatic heterocycles. The zero-order chi connectivity index (χ0) is 12.9. The predicted molar refractivity (Wildman–Crippen MR) is 70.7 cm³/mol. The molecule has 1 atom stereocenters. The van der Waals surface area contributed by atoms with Gasteiger partial charge in [-0.05, 0) is 43.0 Å². The minimum Gasteiger partial charge on any atom is -0.330 e. The molecule has 1 unspecified atom stereocenters. The van der Waals surface area contributed by atoms with E-state index in [9.17, 15) is 8.42 Å². The third-order valence-corrected chi connectivity index (χ3v) is 4.61. The highest BCUT2D eigenvalue weighted by molar-refractivity contribution is 7.91. The summed E-state index contributed by atoms with van der Waals surface area (Å²) in [4.78, 5) is 0.428. The van der Waals surface area contributed by atoms with Crippen LogP contribution in [0.4, 0.5) is 0 Å². The van der Waals surface area contributed by atoms with Crippen molar-refractivity contribution in [3.8, 4) is 0 Å². The molecule has 0 fully saturated rings. The second-order valence-corrected chi connectivity index (χ2v) is 6.72. The van der Waals surface area contributed by atoms with Gasteiger partial charge in [-0.15, -0.1) is 0 Å². The maximum atomic E-state index is 11.7. The molecule has 0 radical (unpaired) electrons. The molecule has 0 heterocycles. The van der Waals surface area contributed by atoms with Gasteiger partial charge in [0.25, 0.3) is 0 Å². The van der Waals surface area contributed by atoms with Gasteiger partial charge in [0.2, 0.25) is 0 Å². The predicted octanol–water partition coefficient (Wildman–Crippen LogP) is 2.01. The molecular formula is C13H21NO2S. The van der Waals surface area contributed by atoms with Crippen molar-refractivity contribution < 1.29 is 8.42 Å². The van der Waals surface area contributed by atoms with Crippen LogP contribution < -0.4 is 5.73 Å². The summed E-state index contributed by atoms with van der Waals surface area (Å²) in [5.41, 5.74) is 6.58. The molecule has 0 amide bonds. The molecule has 0 spiro atoms. The van der Waals surface area contributed by atoms with Crippen LogP contribution in [0.2, 0.25) is 0 Å². The van der Waals surface area contributed by atoms with Crippen molar-refractivity contribution in [2.24, 2.45) is 11.7 Å². The van der Waals surface area contributed by atoms with Crippen LogP contribution in [0.25, 0.3) is 0 Å². The Hall–Kier alpha value is -0.870. The van der Waals surface area contributed by atoms with Crippen LogP contribution in [0, 0.1) is 5.92 Å². The highest BCUT2D eigenvalue weighted by atomic mass is 32.2. The molecule has 0 saturated carbocycles. The number of nitrogens with two attached hydrogens (primary N) is 1. The molecule has 17 heavy (non-hydrogen) atoms. The van der Waals surface area contributed by atoms with Crippen molar-refractivity contribution in [1.82, 2.24) is 0 Å². The van der Waals surface area contributed by atoms with Gasteiger partial charge in [0.15, 0.2) is 9.84 Å². The Labute approximate surface area is 104 Å². The molecule has 2 N–H and O–H groups in total. The van der Waals surface area contributed by atoms with Gasteiger partial charge >= 0.3 is 0 Å². The standard InChI is InChI=1S/C13H21NO2S/c1-3-17(15,16)13-6-4-5-12(10-13)9-11(2)7-8-14/h4-6,10-11H,3,7-9,14H2,1-2H3. The van der Waals surface area contributed by atoms with E-state index in [4.69, 9.17) is 5.73 Å². The van der Waals surface area contributed by atoms with Crippen LogP contribution in [0.15, 0.2) is 29.2 Å². The minimum atomic E-state index is -3.09. The number of hydrogen-bond acceptors (Lipinski definition) is 3. The van der Waals surface area contributed by atoms with Gasteiger partial charge in [-0.3, -0.25) is 0 Å². The summed E-state index contributed by atoms with van der Waals surface area (Å²) in [6.45, 7) is 4.47. The van der Waals surface area contributed by atoms with Crippen LogP contribution in [0.3, 0.4) is 0 Å². The largest absolute Gasteiger partial charge is 0.330 e. The molecule has 96 valence electrons. The fourth-order valence-corrected chi connectivity index (χ4v) is 2.77. The highest BCUT2D eigenvalue weighted by Crippen LogP contribution is 2.17. The lowest BCUT2D eigenvalue weighted by Gasteiger charge is -2.11. The zero-order valence-corrected chi connectivity index (χ0v) is 11.3. The molecular weight excluding hydrogens is 234 g/mol. The molecule has 0 aliphatic rings. The lowest BCUT2D eigenvalue weighted by Crippen LogP contribution is -2.09. The van der Waals surface area contributed by atoms with Gasteiger partial charge in [-0.2, -0.15) is 0 Å². The number of benzene rings is 1. The molecule has 0 aliphatic carbocycles. The summed E-state index contributed by atoms with van der Waals surface area (Å²) >= 11 is 0. The van der Waals surface area contributed by atoms with E-state index in [0.29, 0.717) is 17.4 Å². The van der Waals surface area contributed by atoms with Crippen molar-refractivity contribution in [3.63, 3.8) is 0 Å². The summed E-state index contributed by atoms with van der Waals surface area (Å²) in [7, 11) is -3.09. The van der Waals surface area contributed by atoms with E-state index < -0.39 is 9.84 Å². The number of hydrogen-bond donors (Lipinski definition) is 1. The second-order valence-electron chi connectivity index (χ2n) is 4.44. The highest BCUT2D eigenvalue weighted by Gasteiger charge is 2.12. The lowest BCUT2D eigenvalue weighted by atomic mass is 9.98. The first-order valence-electron chi connectivity index (χ1n) is 6.01. The number of sulfone groups is 1. The van der Waals surface area contributed by atoms with Gasteiger partial charge in [0.05, 0.1) is 10.6 Å². The average molecular weight is 255 g/mol. The Morgan fingerprint density at radius 3 is 2.65 bits per heavy atom. The van der Waals surface area contributed by atoms with Crippen LogP contribution in [-0.2, 0) is 16.3 Å².